The fourth-order valence-corrected chi connectivity index (χ4v) is 3.38. The molecule has 1 saturated carbocycles. The van der Waals surface area contributed by atoms with E-state index < -0.39 is 0 Å². The van der Waals surface area contributed by atoms with E-state index in [-0.39, 0.29) is 5.60 Å². The second kappa shape index (κ2) is 6.55. The molecule has 1 aliphatic carbocycles. The van der Waals surface area contributed by atoms with Gasteiger partial charge in [0, 0.05) is 6.04 Å². The van der Waals surface area contributed by atoms with E-state index in [2.05, 4.69) is 33.0 Å². The molecule has 0 amide bonds. The van der Waals surface area contributed by atoms with Crippen molar-refractivity contribution < 1.29 is 9.47 Å². The smallest absolute Gasteiger partial charge is 0.0698 e. The highest BCUT2D eigenvalue weighted by Gasteiger charge is 2.41. The van der Waals surface area contributed by atoms with Gasteiger partial charge in [-0.25, -0.2) is 0 Å². The first kappa shape index (κ1) is 15.3. The first-order valence-corrected chi connectivity index (χ1v) is 8.06. The molecule has 1 N–H and O–H groups in total. The maximum Gasteiger partial charge on any atom is 0.0698 e. The van der Waals surface area contributed by atoms with Gasteiger partial charge in [0.05, 0.1) is 23.9 Å². The number of ether oxygens (including phenoxy) is 2. The van der Waals surface area contributed by atoms with Gasteiger partial charge in [0.1, 0.15) is 0 Å². The number of hydrogen-bond donors (Lipinski definition) is 1. The Morgan fingerprint density at radius 3 is 2.32 bits per heavy atom. The predicted octanol–water partition coefficient (Wildman–Crippen LogP) is 3.27. The van der Waals surface area contributed by atoms with E-state index >= 15 is 0 Å². The third kappa shape index (κ3) is 4.44. The highest BCUT2D eigenvalue weighted by Crippen LogP contribution is 2.41. The summed E-state index contributed by atoms with van der Waals surface area (Å²) in [5.74, 6) is 0. The fourth-order valence-electron chi connectivity index (χ4n) is 3.38. The summed E-state index contributed by atoms with van der Waals surface area (Å²) in [6.45, 7) is 9.82. The first-order valence-electron chi connectivity index (χ1n) is 8.06. The molecule has 1 aliphatic heterocycles. The molecule has 112 valence electrons. The molecule has 0 radical (unpaired) electrons. The molecule has 0 bridgehead atoms. The Balaban J connectivity index is 1.80. The molecule has 2 aliphatic rings. The van der Waals surface area contributed by atoms with Crippen molar-refractivity contribution in [2.75, 3.05) is 6.54 Å². The highest BCUT2D eigenvalue weighted by molar-refractivity contribution is 4.92. The van der Waals surface area contributed by atoms with Gasteiger partial charge in [-0.1, -0.05) is 13.8 Å². The topological polar surface area (TPSA) is 30.5 Å². The lowest BCUT2D eigenvalue weighted by atomic mass is 9.77. The molecule has 2 rings (SSSR count). The quantitative estimate of drug-likeness (QED) is 0.803. The lowest BCUT2D eigenvalue weighted by molar-refractivity contribution is -0.185. The zero-order valence-electron chi connectivity index (χ0n) is 13.1. The highest BCUT2D eigenvalue weighted by atomic mass is 16.5. The Morgan fingerprint density at radius 1 is 1.21 bits per heavy atom. The van der Waals surface area contributed by atoms with Crippen LogP contribution in [0.5, 0.6) is 0 Å². The van der Waals surface area contributed by atoms with Gasteiger partial charge in [0.15, 0.2) is 0 Å². The molecular formula is C16H31NO2. The minimum atomic E-state index is 0.170. The Kier molecular flexibility index (Phi) is 5.27. The molecule has 1 saturated heterocycles. The van der Waals surface area contributed by atoms with Crippen LogP contribution in [0.1, 0.15) is 66.2 Å². The monoisotopic (exact) mass is 269 g/mol. The van der Waals surface area contributed by atoms with Crippen LogP contribution in [0.3, 0.4) is 0 Å². The van der Waals surface area contributed by atoms with Gasteiger partial charge < -0.3 is 14.8 Å². The van der Waals surface area contributed by atoms with Crippen LogP contribution in [-0.4, -0.2) is 36.5 Å². The summed E-state index contributed by atoms with van der Waals surface area (Å²) in [6.07, 6.45) is 8.19. The summed E-state index contributed by atoms with van der Waals surface area (Å²) >= 11 is 0. The molecule has 3 nitrogen and oxygen atoms in total. The van der Waals surface area contributed by atoms with Crippen LogP contribution in [0, 0.1) is 0 Å². The normalized spacial score (nSPS) is 34.3. The lowest BCUT2D eigenvalue weighted by Crippen LogP contribution is -2.48. The molecule has 0 spiro atoms. The average molecular weight is 269 g/mol. The van der Waals surface area contributed by atoms with E-state index in [1.165, 1.54) is 19.3 Å². The summed E-state index contributed by atoms with van der Waals surface area (Å²) in [5.41, 5.74) is 0.170. The second-order valence-electron chi connectivity index (χ2n) is 6.86. The van der Waals surface area contributed by atoms with Crippen molar-refractivity contribution in [3.05, 3.63) is 0 Å². The van der Waals surface area contributed by atoms with E-state index in [4.69, 9.17) is 9.47 Å². The molecule has 0 aromatic carbocycles. The molecule has 2 fully saturated rings. The zero-order chi connectivity index (χ0) is 13.9. The summed E-state index contributed by atoms with van der Waals surface area (Å²) in [4.78, 5) is 0. The molecule has 2 unspecified atom stereocenters. The van der Waals surface area contributed by atoms with Crippen molar-refractivity contribution >= 4 is 0 Å². The molecule has 3 heteroatoms. The molecule has 2 atom stereocenters. The molecule has 0 aromatic rings. The van der Waals surface area contributed by atoms with Crippen LogP contribution in [0.2, 0.25) is 0 Å². The average Bonchev–Trinajstić information content (AvgIpc) is 2.23. The van der Waals surface area contributed by atoms with Gasteiger partial charge in [-0.3, -0.25) is 0 Å². The van der Waals surface area contributed by atoms with Crippen molar-refractivity contribution in [2.45, 2.75) is 96.2 Å². The van der Waals surface area contributed by atoms with Crippen LogP contribution in [0.4, 0.5) is 0 Å². The Hall–Kier alpha value is -0.120. The van der Waals surface area contributed by atoms with Crippen LogP contribution >= 0.6 is 0 Å². The fraction of sp³-hybridized carbons (Fsp3) is 1.00. The summed E-state index contributed by atoms with van der Waals surface area (Å²) in [5, 5.41) is 3.52. The van der Waals surface area contributed by atoms with Crippen LogP contribution in [0.15, 0.2) is 0 Å². The second-order valence-corrected chi connectivity index (χ2v) is 6.86. The van der Waals surface area contributed by atoms with Gasteiger partial charge in [-0.15, -0.1) is 0 Å². The van der Waals surface area contributed by atoms with Gasteiger partial charge in [-0.2, -0.15) is 0 Å². The minimum absolute atomic E-state index is 0.170. The largest absolute Gasteiger partial charge is 0.375 e. The first-order chi connectivity index (χ1) is 8.99. The van der Waals surface area contributed by atoms with Crippen LogP contribution in [-0.2, 0) is 9.47 Å². The van der Waals surface area contributed by atoms with Crippen LogP contribution < -0.4 is 5.32 Å². The SMILES string of the molecule is CC(C)NCCC1(OC2CC(C)OC(C)C2)CCC1. The Labute approximate surface area is 118 Å². The van der Waals surface area contributed by atoms with Gasteiger partial charge >= 0.3 is 0 Å². The van der Waals surface area contributed by atoms with Crippen molar-refractivity contribution in [1.82, 2.24) is 5.32 Å². The third-order valence-corrected chi connectivity index (χ3v) is 4.47. The van der Waals surface area contributed by atoms with Gasteiger partial charge in [0.25, 0.3) is 0 Å². The number of rotatable bonds is 6. The zero-order valence-corrected chi connectivity index (χ0v) is 13.1. The van der Waals surface area contributed by atoms with Crippen molar-refractivity contribution in [2.24, 2.45) is 0 Å². The van der Waals surface area contributed by atoms with E-state index in [0.717, 1.165) is 25.8 Å². The summed E-state index contributed by atoms with van der Waals surface area (Å²) in [6, 6.07) is 0.570. The Morgan fingerprint density at radius 2 is 1.84 bits per heavy atom. The Bertz CT molecular complexity index is 266. The van der Waals surface area contributed by atoms with Gasteiger partial charge in [-0.05, 0) is 58.9 Å². The molecule has 19 heavy (non-hydrogen) atoms. The third-order valence-electron chi connectivity index (χ3n) is 4.47. The van der Waals surface area contributed by atoms with Crippen molar-refractivity contribution in [3.8, 4) is 0 Å². The molecule has 0 aromatic heterocycles. The van der Waals surface area contributed by atoms with E-state index in [9.17, 15) is 0 Å². The van der Waals surface area contributed by atoms with E-state index in [0.29, 0.717) is 24.4 Å². The maximum atomic E-state index is 6.52. The van der Waals surface area contributed by atoms with Crippen molar-refractivity contribution in [1.29, 1.82) is 0 Å². The summed E-state index contributed by atoms with van der Waals surface area (Å²) < 4.78 is 12.3. The van der Waals surface area contributed by atoms with Gasteiger partial charge in [0.2, 0.25) is 0 Å². The van der Waals surface area contributed by atoms with E-state index in [1.807, 2.05) is 0 Å². The van der Waals surface area contributed by atoms with Crippen LogP contribution in [0.25, 0.3) is 0 Å². The molecular weight excluding hydrogens is 238 g/mol. The predicted molar refractivity (Wildman–Crippen MR) is 78.5 cm³/mol. The number of hydrogen-bond acceptors (Lipinski definition) is 3. The van der Waals surface area contributed by atoms with E-state index in [1.54, 1.807) is 0 Å². The standard InChI is InChI=1S/C16H31NO2/c1-12(2)17-9-8-16(6-5-7-16)19-15-10-13(3)18-14(4)11-15/h12-15,17H,5-11H2,1-4H3. The summed E-state index contributed by atoms with van der Waals surface area (Å²) in [7, 11) is 0. The maximum absolute atomic E-state index is 6.52. The minimum Gasteiger partial charge on any atom is -0.375 e. The lowest BCUT2D eigenvalue weighted by Gasteiger charge is -2.46. The number of nitrogens with one attached hydrogen (secondary N) is 1. The molecule has 1 heterocycles. The van der Waals surface area contributed by atoms with Crippen molar-refractivity contribution in [3.63, 3.8) is 0 Å².